The summed E-state index contributed by atoms with van der Waals surface area (Å²) in [5.41, 5.74) is 0.163. The zero-order valence-electron chi connectivity index (χ0n) is 7.29. The zero-order chi connectivity index (χ0) is 10.0. The Morgan fingerprint density at radius 1 is 1.62 bits per heavy atom. The summed E-state index contributed by atoms with van der Waals surface area (Å²) in [5, 5.41) is 2.37. The molecule has 0 aliphatic carbocycles. The molecule has 0 saturated carbocycles. The van der Waals surface area contributed by atoms with Crippen LogP contribution in [-0.4, -0.2) is 29.3 Å². The summed E-state index contributed by atoms with van der Waals surface area (Å²) < 4.78 is 0. The standard InChI is InChI=1S/C8H10N2O3/c1-3-9-8(13)10-6(11)4-5(2)7(10)12/h2-4H2,1H3,(H,9,13). The van der Waals surface area contributed by atoms with E-state index in [0.29, 0.717) is 11.4 Å². The van der Waals surface area contributed by atoms with Gasteiger partial charge in [0.15, 0.2) is 0 Å². The molecular weight excluding hydrogens is 172 g/mol. The van der Waals surface area contributed by atoms with Gasteiger partial charge in [0.05, 0.1) is 6.42 Å². The predicted molar refractivity (Wildman–Crippen MR) is 44.7 cm³/mol. The van der Waals surface area contributed by atoms with E-state index in [1.807, 2.05) is 0 Å². The maximum Gasteiger partial charge on any atom is 0.331 e. The molecule has 1 aliphatic heterocycles. The summed E-state index contributed by atoms with van der Waals surface area (Å²) in [6, 6.07) is -0.670. The Hall–Kier alpha value is -1.65. The summed E-state index contributed by atoms with van der Waals surface area (Å²) >= 11 is 0. The molecule has 0 spiro atoms. The van der Waals surface area contributed by atoms with Crippen molar-refractivity contribution in [2.45, 2.75) is 13.3 Å². The number of imide groups is 3. The van der Waals surface area contributed by atoms with Crippen molar-refractivity contribution in [1.82, 2.24) is 10.2 Å². The second kappa shape index (κ2) is 3.38. The maximum atomic E-state index is 11.2. The SMILES string of the molecule is C=C1CC(=O)N(C(=O)NCC)C1=O. The molecule has 1 aliphatic rings. The van der Waals surface area contributed by atoms with Gasteiger partial charge < -0.3 is 5.32 Å². The minimum atomic E-state index is -0.670. The number of carbonyl (C=O) groups is 3. The smallest absolute Gasteiger partial charge is 0.331 e. The topological polar surface area (TPSA) is 66.5 Å². The van der Waals surface area contributed by atoms with Gasteiger partial charge in [-0.05, 0) is 6.92 Å². The van der Waals surface area contributed by atoms with Gasteiger partial charge >= 0.3 is 6.03 Å². The number of likely N-dealkylation sites (tertiary alicyclic amines) is 1. The van der Waals surface area contributed by atoms with Gasteiger partial charge in [0.25, 0.3) is 5.91 Å². The van der Waals surface area contributed by atoms with Gasteiger partial charge in [-0.25, -0.2) is 4.79 Å². The van der Waals surface area contributed by atoms with Gasteiger partial charge in [-0.15, -0.1) is 0 Å². The van der Waals surface area contributed by atoms with Crippen LogP contribution in [0.4, 0.5) is 4.79 Å². The van der Waals surface area contributed by atoms with E-state index in [9.17, 15) is 14.4 Å². The Kier molecular flexibility index (Phi) is 2.46. The molecule has 0 aromatic carbocycles. The molecule has 1 N–H and O–H groups in total. The second-order valence-electron chi connectivity index (χ2n) is 2.65. The van der Waals surface area contributed by atoms with Gasteiger partial charge in [0, 0.05) is 12.1 Å². The van der Waals surface area contributed by atoms with Gasteiger partial charge in [-0.1, -0.05) is 6.58 Å². The summed E-state index contributed by atoms with van der Waals surface area (Å²) in [5.74, 6) is -1.11. The molecule has 0 unspecified atom stereocenters. The molecule has 70 valence electrons. The largest absolute Gasteiger partial charge is 0.338 e. The number of nitrogens with one attached hydrogen (secondary N) is 1. The van der Waals surface area contributed by atoms with Crippen molar-refractivity contribution < 1.29 is 14.4 Å². The quantitative estimate of drug-likeness (QED) is 0.459. The van der Waals surface area contributed by atoms with Crippen LogP contribution in [0.1, 0.15) is 13.3 Å². The minimum absolute atomic E-state index is 0.0596. The fourth-order valence-electron chi connectivity index (χ4n) is 1.04. The van der Waals surface area contributed by atoms with Crippen molar-refractivity contribution in [3.8, 4) is 0 Å². The number of carbonyl (C=O) groups excluding carboxylic acids is 3. The van der Waals surface area contributed by atoms with Crippen molar-refractivity contribution in [3.63, 3.8) is 0 Å². The van der Waals surface area contributed by atoms with Gasteiger partial charge in [-0.3, -0.25) is 9.59 Å². The van der Waals surface area contributed by atoms with Crippen molar-refractivity contribution in [2.75, 3.05) is 6.54 Å². The van der Waals surface area contributed by atoms with Crippen LogP contribution < -0.4 is 5.32 Å². The summed E-state index contributed by atoms with van der Waals surface area (Å²) in [7, 11) is 0. The van der Waals surface area contributed by atoms with Gasteiger partial charge in [-0.2, -0.15) is 4.90 Å². The highest BCUT2D eigenvalue weighted by Crippen LogP contribution is 2.16. The Morgan fingerprint density at radius 2 is 2.23 bits per heavy atom. The van der Waals surface area contributed by atoms with E-state index in [2.05, 4.69) is 11.9 Å². The Labute approximate surface area is 75.4 Å². The average molecular weight is 182 g/mol. The lowest BCUT2D eigenvalue weighted by atomic mass is 10.3. The van der Waals surface area contributed by atoms with E-state index < -0.39 is 17.8 Å². The molecule has 0 radical (unpaired) electrons. The van der Waals surface area contributed by atoms with E-state index >= 15 is 0 Å². The molecule has 1 fully saturated rings. The fourth-order valence-corrected chi connectivity index (χ4v) is 1.04. The molecule has 1 heterocycles. The number of hydrogen-bond acceptors (Lipinski definition) is 3. The summed E-state index contributed by atoms with van der Waals surface area (Å²) in [6.45, 7) is 5.47. The molecule has 13 heavy (non-hydrogen) atoms. The van der Waals surface area contributed by atoms with E-state index in [1.54, 1.807) is 6.92 Å². The van der Waals surface area contributed by atoms with Gasteiger partial charge in [0.1, 0.15) is 0 Å². The third kappa shape index (κ3) is 1.58. The van der Waals surface area contributed by atoms with Crippen LogP contribution in [0.25, 0.3) is 0 Å². The fraction of sp³-hybridized carbons (Fsp3) is 0.375. The molecule has 0 aromatic rings. The summed E-state index contributed by atoms with van der Waals surface area (Å²) in [6.07, 6.45) is -0.0596. The molecule has 5 nitrogen and oxygen atoms in total. The zero-order valence-corrected chi connectivity index (χ0v) is 7.29. The normalized spacial score (nSPS) is 16.7. The van der Waals surface area contributed by atoms with Crippen LogP contribution >= 0.6 is 0 Å². The molecule has 0 atom stereocenters. The third-order valence-corrected chi connectivity index (χ3v) is 1.65. The minimum Gasteiger partial charge on any atom is -0.338 e. The van der Waals surface area contributed by atoms with Gasteiger partial charge in [0.2, 0.25) is 5.91 Å². The van der Waals surface area contributed by atoms with E-state index in [-0.39, 0.29) is 12.0 Å². The molecule has 0 bridgehead atoms. The number of hydrogen-bond donors (Lipinski definition) is 1. The van der Waals surface area contributed by atoms with E-state index in [1.165, 1.54) is 0 Å². The van der Waals surface area contributed by atoms with Crippen LogP contribution in [0.15, 0.2) is 12.2 Å². The van der Waals surface area contributed by atoms with Crippen LogP contribution in [0.5, 0.6) is 0 Å². The van der Waals surface area contributed by atoms with E-state index in [0.717, 1.165) is 0 Å². The third-order valence-electron chi connectivity index (χ3n) is 1.65. The second-order valence-corrected chi connectivity index (χ2v) is 2.65. The van der Waals surface area contributed by atoms with Crippen LogP contribution in [0, 0.1) is 0 Å². The Morgan fingerprint density at radius 3 is 2.62 bits per heavy atom. The number of amides is 4. The number of rotatable bonds is 1. The molecular formula is C8H10N2O3. The highest BCUT2D eigenvalue weighted by Gasteiger charge is 2.37. The van der Waals surface area contributed by atoms with Crippen molar-refractivity contribution >= 4 is 17.8 Å². The van der Waals surface area contributed by atoms with Crippen molar-refractivity contribution in [3.05, 3.63) is 12.2 Å². The first-order chi connectivity index (χ1) is 6.07. The van der Waals surface area contributed by atoms with E-state index in [4.69, 9.17) is 0 Å². The first kappa shape index (κ1) is 9.44. The maximum absolute atomic E-state index is 11.2. The molecule has 5 heteroatoms. The molecule has 0 aromatic heterocycles. The monoisotopic (exact) mass is 182 g/mol. The first-order valence-electron chi connectivity index (χ1n) is 3.90. The average Bonchev–Trinajstić information content (AvgIpc) is 2.27. The van der Waals surface area contributed by atoms with Crippen LogP contribution in [-0.2, 0) is 9.59 Å². The van der Waals surface area contributed by atoms with Crippen molar-refractivity contribution in [2.24, 2.45) is 0 Å². The molecule has 1 rings (SSSR count). The first-order valence-corrected chi connectivity index (χ1v) is 3.90. The lowest BCUT2D eigenvalue weighted by Crippen LogP contribution is -2.43. The highest BCUT2D eigenvalue weighted by atomic mass is 16.2. The number of nitrogens with zero attached hydrogens (tertiary/aromatic N) is 1. The summed E-state index contributed by atoms with van der Waals surface area (Å²) in [4.78, 5) is 34.0. The van der Waals surface area contributed by atoms with Crippen LogP contribution in [0.3, 0.4) is 0 Å². The Balaban J connectivity index is 2.80. The highest BCUT2D eigenvalue weighted by molar-refractivity contribution is 6.22. The lowest BCUT2D eigenvalue weighted by Gasteiger charge is -2.10. The molecule has 1 saturated heterocycles. The lowest BCUT2D eigenvalue weighted by molar-refractivity contribution is -0.133. The predicted octanol–water partition coefficient (Wildman–Crippen LogP) is 0.0310. The van der Waals surface area contributed by atoms with Crippen molar-refractivity contribution in [1.29, 1.82) is 0 Å². The number of urea groups is 1. The van der Waals surface area contributed by atoms with Crippen LogP contribution in [0.2, 0.25) is 0 Å². The molecule has 4 amide bonds. The Bertz CT molecular complexity index is 296.